The lowest BCUT2D eigenvalue weighted by Crippen LogP contribution is -2.41. The first-order valence-electron chi connectivity index (χ1n) is 10.0. The van der Waals surface area contributed by atoms with Crippen LogP contribution in [0.15, 0.2) is 64.4 Å². The molecule has 0 aliphatic heterocycles. The van der Waals surface area contributed by atoms with Crippen molar-refractivity contribution in [1.82, 2.24) is 18.7 Å². The maximum Gasteiger partial charge on any atom is 0.337 e. The molecule has 0 amide bonds. The Kier molecular flexibility index (Phi) is 6.09. The molecule has 0 saturated carbocycles. The molecule has 32 heavy (non-hydrogen) atoms. The van der Waals surface area contributed by atoms with E-state index in [4.69, 9.17) is 14.2 Å². The summed E-state index contributed by atoms with van der Waals surface area (Å²) in [5.41, 5.74) is 1.14. The number of ether oxygens (including phenoxy) is 3. The number of methoxy groups -OCH3 is 3. The summed E-state index contributed by atoms with van der Waals surface area (Å²) in [6, 6.07) is 14.7. The van der Waals surface area contributed by atoms with Gasteiger partial charge < -0.3 is 18.8 Å². The molecule has 9 nitrogen and oxygen atoms in total. The van der Waals surface area contributed by atoms with Crippen LogP contribution >= 0.6 is 0 Å². The van der Waals surface area contributed by atoms with E-state index in [9.17, 15) is 9.59 Å². The Bertz CT molecular complexity index is 1350. The van der Waals surface area contributed by atoms with E-state index in [1.165, 1.54) is 23.4 Å². The second-order valence-corrected chi connectivity index (χ2v) is 7.13. The number of aromatic nitrogens is 4. The van der Waals surface area contributed by atoms with Crippen LogP contribution in [0.3, 0.4) is 0 Å². The van der Waals surface area contributed by atoms with Crippen LogP contribution in [0.1, 0.15) is 5.56 Å². The third-order valence-electron chi connectivity index (χ3n) is 5.26. The lowest BCUT2D eigenvalue weighted by atomic mass is 10.2. The van der Waals surface area contributed by atoms with Gasteiger partial charge in [-0.15, -0.1) is 0 Å². The van der Waals surface area contributed by atoms with Crippen LogP contribution in [0.25, 0.3) is 16.9 Å². The molecule has 0 N–H and O–H groups in total. The van der Waals surface area contributed by atoms with Gasteiger partial charge >= 0.3 is 5.69 Å². The fourth-order valence-corrected chi connectivity index (χ4v) is 3.64. The molecule has 166 valence electrons. The molecule has 2 heterocycles. The smallest absolute Gasteiger partial charge is 0.337 e. The van der Waals surface area contributed by atoms with Gasteiger partial charge in [0.25, 0.3) is 5.56 Å². The topological polar surface area (TPSA) is 89.5 Å². The SMILES string of the molecule is COCCn1c(=O)c2c(ncn2Cc2ccc(OC)cc2)n(-c2ccccc2OC)c1=O. The lowest BCUT2D eigenvalue weighted by molar-refractivity contribution is 0.184. The van der Waals surface area contributed by atoms with Crippen LogP contribution in [0, 0.1) is 0 Å². The second kappa shape index (κ2) is 9.11. The molecular formula is C23H24N4O5. The summed E-state index contributed by atoms with van der Waals surface area (Å²) in [7, 11) is 4.67. The van der Waals surface area contributed by atoms with Crippen LogP contribution in [0.5, 0.6) is 11.5 Å². The Morgan fingerprint density at radius 3 is 2.38 bits per heavy atom. The number of rotatable bonds is 8. The van der Waals surface area contributed by atoms with Crippen molar-refractivity contribution in [2.75, 3.05) is 27.9 Å². The van der Waals surface area contributed by atoms with Crippen molar-refractivity contribution < 1.29 is 14.2 Å². The van der Waals surface area contributed by atoms with Gasteiger partial charge in [0.15, 0.2) is 11.2 Å². The van der Waals surface area contributed by atoms with Crippen molar-refractivity contribution in [3.63, 3.8) is 0 Å². The van der Waals surface area contributed by atoms with Gasteiger partial charge in [-0.05, 0) is 29.8 Å². The van der Waals surface area contributed by atoms with Crippen LogP contribution in [0.4, 0.5) is 0 Å². The number of hydrogen-bond donors (Lipinski definition) is 0. The Balaban J connectivity index is 1.95. The summed E-state index contributed by atoms with van der Waals surface area (Å²) >= 11 is 0. The quantitative estimate of drug-likeness (QED) is 0.420. The zero-order valence-electron chi connectivity index (χ0n) is 18.1. The van der Waals surface area contributed by atoms with E-state index in [2.05, 4.69) is 4.98 Å². The summed E-state index contributed by atoms with van der Waals surface area (Å²) in [6.07, 6.45) is 1.57. The van der Waals surface area contributed by atoms with Crippen molar-refractivity contribution in [3.8, 4) is 17.2 Å². The number of fused-ring (bicyclic) bond motifs is 1. The van der Waals surface area contributed by atoms with E-state index in [0.717, 1.165) is 11.3 Å². The molecule has 0 fully saturated rings. The minimum absolute atomic E-state index is 0.118. The standard InChI is InChI=1S/C23H24N4O5/c1-30-13-12-26-22(28)20-21(27(23(26)29)18-6-4-5-7-19(18)32-3)24-15-25(20)14-16-8-10-17(31-2)11-9-16/h4-11,15H,12-14H2,1-3H3. The van der Waals surface area contributed by atoms with Gasteiger partial charge in [0, 0.05) is 13.7 Å². The molecule has 0 aliphatic carbocycles. The first kappa shape index (κ1) is 21.4. The highest BCUT2D eigenvalue weighted by molar-refractivity contribution is 5.73. The van der Waals surface area contributed by atoms with Crippen LogP contribution in [-0.4, -0.2) is 46.6 Å². The minimum atomic E-state index is -0.501. The Labute approximate surface area is 184 Å². The van der Waals surface area contributed by atoms with Crippen LogP contribution < -0.4 is 20.7 Å². The number of hydrogen-bond acceptors (Lipinski definition) is 6. The zero-order valence-corrected chi connectivity index (χ0v) is 18.1. The molecule has 2 aromatic heterocycles. The fraction of sp³-hybridized carbons (Fsp3) is 0.261. The number of nitrogens with zero attached hydrogens (tertiary/aromatic N) is 4. The fourth-order valence-electron chi connectivity index (χ4n) is 3.64. The molecule has 0 aliphatic rings. The van der Waals surface area contributed by atoms with Gasteiger partial charge in [-0.25, -0.2) is 14.3 Å². The molecule has 4 aromatic rings. The Morgan fingerprint density at radius 2 is 1.69 bits per heavy atom. The molecule has 0 saturated heterocycles. The monoisotopic (exact) mass is 436 g/mol. The number of imidazole rings is 1. The maximum atomic E-state index is 13.4. The van der Waals surface area contributed by atoms with Crippen molar-refractivity contribution in [1.29, 1.82) is 0 Å². The van der Waals surface area contributed by atoms with Gasteiger partial charge in [-0.2, -0.15) is 0 Å². The zero-order chi connectivity index (χ0) is 22.7. The molecule has 0 radical (unpaired) electrons. The van der Waals surface area contributed by atoms with E-state index in [1.54, 1.807) is 36.2 Å². The summed E-state index contributed by atoms with van der Waals surface area (Å²) in [4.78, 5) is 31.2. The van der Waals surface area contributed by atoms with Gasteiger partial charge in [0.2, 0.25) is 0 Å². The minimum Gasteiger partial charge on any atom is -0.497 e. The van der Waals surface area contributed by atoms with Gasteiger partial charge in [0.05, 0.1) is 39.4 Å². The predicted octanol–water partition coefficient (Wildman–Crippen LogP) is 2.06. The Hall–Kier alpha value is -3.85. The largest absolute Gasteiger partial charge is 0.497 e. The van der Waals surface area contributed by atoms with Gasteiger partial charge in [0.1, 0.15) is 11.5 Å². The average molecular weight is 436 g/mol. The summed E-state index contributed by atoms with van der Waals surface area (Å²) in [5.74, 6) is 1.24. The lowest BCUT2D eigenvalue weighted by Gasteiger charge is -2.14. The van der Waals surface area contributed by atoms with Gasteiger partial charge in [-0.1, -0.05) is 24.3 Å². The normalized spacial score (nSPS) is 11.1. The van der Waals surface area contributed by atoms with Crippen LogP contribution in [0.2, 0.25) is 0 Å². The van der Waals surface area contributed by atoms with Crippen molar-refractivity contribution in [2.45, 2.75) is 13.1 Å². The summed E-state index contributed by atoms with van der Waals surface area (Å²) in [5, 5.41) is 0. The van der Waals surface area contributed by atoms with E-state index in [0.29, 0.717) is 23.5 Å². The van der Waals surface area contributed by atoms with E-state index >= 15 is 0 Å². The molecule has 2 aromatic carbocycles. The maximum absolute atomic E-state index is 13.4. The highest BCUT2D eigenvalue weighted by Crippen LogP contribution is 2.23. The van der Waals surface area contributed by atoms with E-state index < -0.39 is 11.2 Å². The number of para-hydroxylation sites is 2. The predicted molar refractivity (Wildman–Crippen MR) is 120 cm³/mol. The first-order chi connectivity index (χ1) is 15.6. The Morgan fingerprint density at radius 1 is 0.938 bits per heavy atom. The van der Waals surface area contributed by atoms with E-state index in [-0.39, 0.29) is 18.8 Å². The molecule has 0 atom stereocenters. The highest BCUT2D eigenvalue weighted by Gasteiger charge is 2.21. The van der Waals surface area contributed by atoms with Crippen molar-refractivity contribution in [2.24, 2.45) is 0 Å². The van der Waals surface area contributed by atoms with Crippen molar-refractivity contribution >= 4 is 11.2 Å². The van der Waals surface area contributed by atoms with Crippen molar-refractivity contribution in [3.05, 3.63) is 81.3 Å². The van der Waals surface area contributed by atoms with Crippen LogP contribution in [-0.2, 0) is 17.8 Å². The molecule has 9 heteroatoms. The summed E-state index contributed by atoms with van der Waals surface area (Å²) < 4.78 is 20.1. The van der Waals surface area contributed by atoms with Gasteiger partial charge in [-0.3, -0.25) is 9.36 Å². The average Bonchev–Trinajstić information content (AvgIpc) is 3.23. The molecule has 0 unspecified atom stereocenters. The summed E-state index contributed by atoms with van der Waals surface area (Å²) in [6.45, 7) is 0.746. The first-order valence-corrected chi connectivity index (χ1v) is 10.0. The third kappa shape index (κ3) is 3.78. The van der Waals surface area contributed by atoms with E-state index in [1.807, 2.05) is 30.3 Å². The number of benzene rings is 2. The molecule has 0 spiro atoms. The molecule has 0 bridgehead atoms. The second-order valence-electron chi connectivity index (χ2n) is 7.13. The highest BCUT2D eigenvalue weighted by atomic mass is 16.5. The molecule has 4 rings (SSSR count). The molecular weight excluding hydrogens is 412 g/mol. The third-order valence-corrected chi connectivity index (χ3v) is 5.26.